The van der Waals surface area contributed by atoms with Crippen molar-refractivity contribution in [2.75, 3.05) is 29.6 Å². The van der Waals surface area contributed by atoms with Crippen molar-refractivity contribution in [3.8, 4) is 0 Å². The first kappa shape index (κ1) is 15.9. The molecule has 0 unspecified atom stereocenters. The van der Waals surface area contributed by atoms with Gasteiger partial charge in [-0.1, -0.05) is 29.8 Å². The van der Waals surface area contributed by atoms with Gasteiger partial charge in [-0.3, -0.25) is 4.79 Å². The van der Waals surface area contributed by atoms with Crippen LogP contribution in [0.3, 0.4) is 0 Å². The standard InChI is InChI=1S/C19H22N2OS/c1-14-9-10-17-15(12-14)6-5-11-21(17)13-19(22)20-16-7-3-4-8-18(16)23-2/h3-4,7-10,12H,5-6,11,13H2,1-2H3,(H,20,22). The van der Waals surface area contributed by atoms with Crippen LogP contribution in [-0.4, -0.2) is 25.3 Å². The van der Waals surface area contributed by atoms with E-state index in [2.05, 4.69) is 35.3 Å². The van der Waals surface area contributed by atoms with Crippen LogP contribution in [0.25, 0.3) is 0 Å². The van der Waals surface area contributed by atoms with Crippen LogP contribution in [0.4, 0.5) is 11.4 Å². The molecule has 0 saturated heterocycles. The Morgan fingerprint density at radius 1 is 1.26 bits per heavy atom. The summed E-state index contributed by atoms with van der Waals surface area (Å²) in [6.07, 6.45) is 4.23. The third kappa shape index (κ3) is 3.70. The number of fused-ring (bicyclic) bond motifs is 1. The lowest BCUT2D eigenvalue weighted by Gasteiger charge is -2.31. The van der Waals surface area contributed by atoms with Crippen LogP contribution in [-0.2, 0) is 11.2 Å². The van der Waals surface area contributed by atoms with Crippen molar-refractivity contribution in [3.63, 3.8) is 0 Å². The minimum absolute atomic E-state index is 0.0416. The van der Waals surface area contributed by atoms with E-state index in [1.807, 2.05) is 30.5 Å². The third-order valence-corrected chi connectivity index (χ3v) is 4.96. The van der Waals surface area contributed by atoms with Crippen molar-refractivity contribution in [2.45, 2.75) is 24.7 Å². The zero-order valence-corrected chi connectivity index (χ0v) is 14.5. The van der Waals surface area contributed by atoms with Crippen LogP contribution >= 0.6 is 11.8 Å². The van der Waals surface area contributed by atoms with Gasteiger partial charge in [0.15, 0.2) is 0 Å². The zero-order chi connectivity index (χ0) is 16.2. The molecule has 3 rings (SSSR count). The van der Waals surface area contributed by atoms with Gasteiger partial charge in [-0.25, -0.2) is 0 Å². The monoisotopic (exact) mass is 326 g/mol. The van der Waals surface area contributed by atoms with Crippen LogP contribution in [0.15, 0.2) is 47.4 Å². The Kier molecular flexibility index (Phi) is 4.91. The minimum Gasteiger partial charge on any atom is -0.362 e. The van der Waals surface area contributed by atoms with Crippen molar-refractivity contribution < 1.29 is 4.79 Å². The summed E-state index contributed by atoms with van der Waals surface area (Å²) in [5, 5.41) is 3.05. The van der Waals surface area contributed by atoms with Crippen molar-refractivity contribution >= 4 is 29.0 Å². The fraction of sp³-hybridized carbons (Fsp3) is 0.316. The molecule has 1 amide bonds. The molecule has 2 aromatic rings. The van der Waals surface area contributed by atoms with E-state index in [4.69, 9.17) is 0 Å². The van der Waals surface area contributed by atoms with E-state index in [1.165, 1.54) is 16.8 Å². The van der Waals surface area contributed by atoms with E-state index in [9.17, 15) is 4.79 Å². The Bertz CT molecular complexity index is 714. The summed E-state index contributed by atoms with van der Waals surface area (Å²) < 4.78 is 0. The number of nitrogens with zero attached hydrogens (tertiary/aromatic N) is 1. The summed E-state index contributed by atoms with van der Waals surface area (Å²) in [5.74, 6) is 0.0416. The highest BCUT2D eigenvalue weighted by molar-refractivity contribution is 7.98. The van der Waals surface area contributed by atoms with Crippen molar-refractivity contribution in [2.24, 2.45) is 0 Å². The second kappa shape index (κ2) is 7.09. The molecule has 0 bridgehead atoms. The largest absolute Gasteiger partial charge is 0.362 e. The van der Waals surface area contributed by atoms with Gasteiger partial charge in [-0.15, -0.1) is 11.8 Å². The van der Waals surface area contributed by atoms with Gasteiger partial charge >= 0.3 is 0 Å². The van der Waals surface area contributed by atoms with E-state index >= 15 is 0 Å². The topological polar surface area (TPSA) is 32.3 Å². The average Bonchev–Trinajstić information content (AvgIpc) is 2.55. The van der Waals surface area contributed by atoms with Gasteiger partial charge in [-0.05, 0) is 49.8 Å². The van der Waals surface area contributed by atoms with Gasteiger partial charge in [0.1, 0.15) is 0 Å². The van der Waals surface area contributed by atoms with Gasteiger partial charge in [0.25, 0.3) is 0 Å². The molecule has 0 saturated carbocycles. The molecule has 1 aliphatic heterocycles. The smallest absolute Gasteiger partial charge is 0.243 e. The zero-order valence-electron chi connectivity index (χ0n) is 13.6. The fourth-order valence-corrected chi connectivity index (χ4v) is 3.63. The van der Waals surface area contributed by atoms with Gasteiger partial charge in [-0.2, -0.15) is 0 Å². The number of carbonyl (C=O) groups is 1. The summed E-state index contributed by atoms with van der Waals surface area (Å²) >= 11 is 1.65. The molecule has 3 nitrogen and oxygen atoms in total. The number of benzene rings is 2. The number of anilines is 2. The first-order valence-corrected chi connectivity index (χ1v) is 9.17. The predicted octanol–water partition coefficient (Wildman–Crippen LogP) is 4.11. The third-order valence-electron chi connectivity index (χ3n) is 4.17. The number of amides is 1. The molecule has 0 spiro atoms. The molecule has 1 aliphatic rings. The van der Waals surface area contributed by atoms with Crippen molar-refractivity contribution in [1.82, 2.24) is 0 Å². The van der Waals surface area contributed by atoms with E-state index in [0.717, 1.165) is 30.0 Å². The van der Waals surface area contributed by atoms with Crippen molar-refractivity contribution in [1.29, 1.82) is 0 Å². The maximum Gasteiger partial charge on any atom is 0.243 e. The predicted molar refractivity (Wildman–Crippen MR) is 98.6 cm³/mol. The highest BCUT2D eigenvalue weighted by Gasteiger charge is 2.19. The van der Waals surface area contributed by atoms with Crippen LogP contribution in [0.1, 0.15) is 17.5 Å². The molecule has 0 aromatic heterocycles. The number of carbonyl (C=O) groups excluding carboxylic acids is 1. The molecule has 1 N–H and O–H groups in total. The van der Waals surface area contributed by atoms with Gasteiger partial charge in [0.2, 0.25) is 5.91 Å². The number of thioether (sulfide) groups is 1. The van der Waals surface area contributed by atoms with E-state index in [0.29, 0.717) is 6.54 Å². The summed E-state index contributed by atoms with van der Waals surface area (Å²) in [7, 11) is 0. The normalized spacial score (nSPS) is 13.6. The lowest BCUT2D eigenvalue weighted by Crippen LogP contribution is -2.36. The highest BCUT2D eigenvalue weighted by atomic mass is 32.2. The molecule has 0 aliphatic carbocycles. The lowest BCUT2D eigenvalue weighted by atomic mass is 9.99. The molecule has 2 aromatic carbocycles. The van der Waals surface area contributed by atoms with Crippen molar-refractivity contribution in [3.05, 3.63) is 53.6 Å². The molecule has 0 fully saturated rings. The Morgan fingerprint density at radius 3 is 2.91 bits per heavy atom. The maximum atomic E-state index is 12.5. The summed E-state index contributed by atoms with van der Waals surface area (Å²) in [4.78, 5) is 15.7. The Balaban J connectivity index is 1.72. The number of aryl methyl sites for hydroxylation is 2. The first-order chi connectivity index (χ1) is 11.2. The summed E-state index contributed by atoms with van der Waals surface area (Å²) in [6.45, 7) is 3.46. The summed E-state index contributed by atoms with van der Waals surface area (Å²) in [6, 6.07) is 14.4. The van der Waals surface area contributed by atoms with E-state index in [1.54, 1.807) is 11.8 Å². The maximum absolute atomic E-state index is 12.5. The quantitative estimate of drug-likeness (QED) is 0.858. The number of para-hydroxylation sites is 1. The van der Waals surface area contributed by atoms with Crippen LogP contribution in [0, 0.1) is 6.92 Å². The number of rotatable bonds is 4. The Morgan fingerprint density at radius 2 is 2.09 bits per heavy atom. The molecular formula is C19H22N2OS. The number of hydrogen-bond donors (Lipinski definition) is 1. The SMILES string of the molecule is CSc1ccccc1NC(=O)CN1CCCc2cc(C)ccc21. The van der Waals surface area contributed by atoms with Gasteiger partial charge in [0, 0.05) is 17.1 Å². The van der Waals surface area contributed by atoms with Crippen LogP contribution in [0.2, 0.25) is 0 Å². The number of hydrogen-bond acceptors (Lipinski definition) is 3. The molecule has 4 heteroatoms. The number of nitrogens with one attached hydrogen (secondary N) is 1. The molecule has 1 heterocycles. The molecule has 0 atom stereocenters. The summed E-state index contributed by atoms with van der Waals surface area (Å²) in [5.41, 5.74) is 4.74. The van der Waals surface area contributed by atoms with Gasteiger partial charge < -0.3 is 10.2 Å². The first-order valence-electron chi connectivity index (χ1n) is 7.95. The van der Waals surface area contributed by atoms with E-state index in [-0.39, 0.29) is 5.91 Å². The molecular weight excluding hydrogens is 304 g/mol. The van der Waals surface area contributed by atoms with Crippen LogP contribution < -0.4 is 10.2 Å². The molecule has 23 heavy (non-hydrogen) atoms. The fourth-order valence-electron chi connectivity index (χ4n) is 3.08. The Labute approximate surface area is 142 Å². The van der Waals surface area contributed by atoms with E-state index < -0.39 is 0 Å². The van der Waals surface area contributed by atoms with Gasteiger partial charge in [0.05, 0.1) is 12.2 Å². The second-order valence-corrected chi connectivity index (χ2v) is 6.75. The second-order valence-electron chi connectivity index (χ2n) is 5.91. The highest BCUT2D eigenvalue weighted by Crippen LogP contribution is 2.28. The molecule has 120 valence electrons. The Hall–Kier alpha value is -1.94. The van der Waals surface area contributed by atoms with Crippen LogP contribution in [0.5, 0.6) is 0 Å². The minimum atomic E-state index is 0.0416. The lowest BCUT2D eigenvalue weighted by molar-refractivity contribution is -0.115. The molecule has 0 radical (unpaired) electrons. The average molecular weight is 326 g/mol.